The molecule has 0 bridgehead atoms. The molecule has 0 aromatic carbocycles. The Kier molecular flexibility index (Phi) is 48.6. The van der Waals surface area contributed by atoms with Crippen LogP contribution in [0.15, 0.2) is 134 Å². The largest absolute Gasteiger partial charge is 0.462 e. The summed E-state index contributed by atoms with van der Waals surface area (Å²) in [5, 5.41) is 0. The van der Waals surface area contributed by atoms with E-state index in [1.54, 1.807) is 0 Å². The highest BCUT2D eigenvalue weighted by Gasteiger charge is 2.19. The lowest BCUT2D eigenvalue weighted by Crippen LogP contribution is -2.30. The van der Waals surface area contributed by atoms with E-state index in [1.807, 2.05) is 36.5 Å². The predicted molar refractivity (Wildman–Crippen MR) is 279 cm³/mol. The number of unbranched alkanes of at least 4 members (excludes halogenated alkanes) is 15. The number of rotatable bonds is 44. The molecule has 0 amide bonds. The van der Waals surface area contributed by atoms with Gasteiger partial charge in [-0.1, -0.05) is 206 Å². The molecule has 0 heterocycles. The first-order valence-corrected chi connectivity index (χ1v) is 25.8. The van der Waals surface area contributed by atoms with Crippen molar-refractivity contribution < 1.29 is 28.6 Å². The van der Waals surface area contributed by atoms with E-state index in [0.29, 0.717) is 19.3 Å². The molecule has 1 atom stereocenters. The van der Waals surface area contributed by atoms with Gasteiger partial charge in [0, 0.05) is 19.3 Å². The zero-order valence-electron chi connectivity index (χ0n) is 41.4. The molecule has 6 nitrogen and oxygen atoms in total. The molecule has 0 aromatic rings. The highest BCUT2D eigenvalue weighted by molar-refractivity contribution is 5.71. The van der Waals surface area contributed by atoms with Crippen LogP contribution in [0.2, 0.25) is 0 Å². The van der Waals surface area contributed by atoms with Crippen molar-refractivity contribution in [1.82, 2.24) is 0 Å². The van der Waals surface area contributed by atoms with Crippen LogP contribution in [0.4, 0.5) is 0 Å². The van der Waals surface area contributed by atoms with Crippen LogP contribution in [0, 0.1) is 0 Å². The van der Waals surface area contributed by atoms with Crippen molar-refractivity contribution in [2.24, 2.45) is 0 Å². The topological polar surface area (TPSA) is 78.9 Å². The lowest BCUT2D eigenvalue weighted by Gasteiger charge is -2.18. The standard InChI is InChI=1S/C59H92O6/c1-4-7-10-13-16-19-22-25-27-28-29-30-32-34-37-40-43-46-49-52-58(61)64-55-56(54-63-57(60)51-48-45-42-39-36-33-24-21-18-15-12-9-6-3)65-59(62)53-50-47-44-41-38-35-31-26-23-20-17-14-11-8-5-2/h7,9-10,12,15-21,23-27,29-30,33-34,36-37,56H,4-6,8,11,13-14,22,28,31-32,35,38-55H2,1-3H3/b10-7-,12-9-,18-15-,19-16-,20-17-,24-21-,26-23-,27-25-,30-29-,36-33-,37-34-. The fourth-order valence-electron chi connectivity index (χ4n) is 6.41. The van der Waals surface area contributed by atoms with Gasteiger partial charge in [-0.05, 0) is 109 Å². The van der Waals surface area contributed by atoms with Crippen LogP contribution < -0.4 is 0 Å². The summed E-state index contributed by atoms with van der Waals surface area (Å²) in [4.78, 5) is 38.0. The molecule has 65 heavy (non-hydrogen) atoms. The second kappa shape index (κ2) is 52.2. The van der Waals surface area contributed by atoms with Gasteiger partial charge in [0.05, 0.1) is 0 Å². The van der Waals surface area contributed by atoms with Crippen molar-refractivity contribution in [1.29, 1.82) is 0 Å². The second-order valence-electron chi connectivity index (χ2n) is 16.4. The molecule has 0 spiro atoms. The molecule has 0 aliphatic carbocycles. The smallest absolute Gasteiger partial charge is 0.306 e. The van der Waals surface area contributed by atoms with Crippen LogP contribution >= 0.6 is 0 Å². The number of carbonyl (C=O) groups is 3. The van der Waals surface area contributed by atoms with E-state index in [2.05, 4.69) is 118 Å². The SMILES string of the molecule is CC\C=C/C=C\C=C/C=C\CCCCCC(=O)OCC(COC(=O)CCCCC/C=C\C/C=C\C/C=C\C/C=C\C/C=C\CC)OC(=O)CCCCCCCC/C=C\C=C/CCCCC. The molecule has 0 saturated heterocycles. The molecule has 0 radical (unpaired) electrons. The first-order chi connectivity index (χ1) is 32.0. The number of ether oxygens (including phenoxy) is 3. The van der Waals surface area contributed by atoms with Crippen LogP contribution in [0.5, 0.6) is 0 Å². The molecule has 364 valence electrons. The molecule has 0 aliphatic heterocycles. The third-order valence-electron chi connectivity index (χ3n) is 10.2. The maximum Gasteiger partial charge on any atom is 0.306 e. The predicted octanol–water partition coefficient (Wildman–Crippen LogP) is 17.1. The first-order valence-electron chi connectivity index (χ1n) is 25.8. The van der Waals surface area contributed by atoms with E-state index in [1.165, 1.54) is 32.1 Å². The van der Waals surface area contributed by atoms with Gasteiger partial charge in [0.25, 0.3) is 0 Å². The van der Waals surface area contributed by atoms with Crippen molar-refractivity contribution in [2.75, 3.05) is 13.2 Å². The zero-order valence-corrected chi connectivity index (χ0v) is 41.4. The minimum absolute atomic E-state index is 0.118. The van der Waals surface area contributed by atoms with Crippen LogP contribution in [-0.2, 0) is 28.6 Å². The van der Waals surface area contributed by atoms with Crippen LogP contribution in [0.3, 0.4) is 0 Å². The Bertz CT molecular complexity index is 1450. The molecular formula is C59H92O6. The molecular weight excluding hydrogens is 805 g/mol. The van der Waals surface area contributed by atoms with Gasteiger partial charge in [-0.3, -0.25) is 14.4 Å². The summed E-state index contributed by atoms with van der Waals surface area (Å²) in [5.41, 5.74) is 0. The van der Waals surface area contributed by atoms with Gasteiger partial charge in [-0.2, -0.15) is 0 Å². The highest BCUT2D eigenvalue weighted by atomic mass is 16.6. The Labute approximate surface area is 398 Å². The number of allylic oxidation sites excluding steroid dienone is 22. The minimum atomic E-state index is -0.819. The number of esters is 3. The quantitative estimate of drug-likeness (QED) is 0.0199. The molecule has 6 heteroatoms. The zero-order chi connectivity index (χ0) is 47.2. The summed E-state index contributed by atoms with van der Waals surface area (Å²) >= 11 is 0. The summed E-state index contributed by atoms with van der Waals surface area (Å²) in [6.45, 7) is 6.26. The van der Waals surface area contributed by atoms with E-state index >= 15 is 0 Å². The van der Waals surface area contributed by atoms with Crippen molar-refractivity contribution in [3.63, 3.8) is 0 Å². The van der Waals surface area contributed by atoms with E-state index < -0.39 is 6.10 Å². The molecule has 0 aliphatic rings. The fourth-order valence-corrected chi connectivity index (χ4v) is 6.41. The van der Waals surface area contributed by atoms with Crippen LogP contribution in [0.25, 0.3) is 0 Å². The Morgan fingerprint density at radius 1 is 0.338 bits per heavy atom. The van der Waals surface area contributed by atoms with Crippen molar-refractivity contribution in [2.45, 2.75) is 207 Å². The van der Waals surface area contributed by atoms with Gasteiger partial charge in [0.15, 0.2) is 6.10 Å². The molecule has 1 unspecified atom stereocenters. The normalized spacial score (nSPS) is 13.2. The first kappa shape index (κ1) is 60.5. The van der Waals surface area contributed by atoms with Gasteiger partial charge in [0.1, 0.15) is 13.2 Å². The lowest BCUT2D eigenvalue weighted by molar-refractivity contribution is -0.167. The van der Waals surface area contributed by atoms with E-state index in [9.17, 15) is 14.4 Å². The van der Waals surface area contributed by atoms with Gasteiger partial charge in [-0.25, -0.2) is 0 Å². The summed E-state index contributed by atoms with van der Waals surface area (Å²) in [5.74, 6) is -1.01. The Balaban J connectivity index is 4.54. The Morgan fingerprint density at radius 2 is 0.677 bits per heavy atom. The Hall–Kier alpha value is -4.45. The maximum atomic E-state index is 12.8. The average Bonchev–Trinajstić information content (AvgIpc) is 3.30. The molecule has 0 fully saturated rings. The summed E-state index contributed by atoms with van der Waals surface area (Å²) in [6, 6.07) is 0. The summed E-state index contributed by atoms with van der Waals surface area (Å²) in [6.07, 6.45) is 72.9. The van der Waals surface area contributed by atoms with Crippen LogP contribution in [-0.4, -0.2) is 37.2 Å². The monoisotopic (exact) mass is 897 g/mol. The number of hydrogen-bond donors (Lipinski definition) is 0. The van der Waals surface area contributed by atoms with E-state index in [4.69, 9.17) is 14.2 Å². The third kappa shape index (κ3) is 50.4. The van der Waals surface area contributed by atoms with Crippen LogP contribution in [0.1, 0.15) is 201 Å². The number of carbonyl (C=O) groups excluding carboxylic acids is 3. The maximum absolute atomic E-state index is 12.8. The molecule has 0 aromatic heterocycles. The van der Waals surface area contributed by atoms with E-state index in [-0.39, 0.29) is 31.1 Å². The molecule has 0 saturated carbocycles. The minimum Gasteiger partial charge on any atom is -0.462 e. The van der Waals surface area contributed by atoms with Crippen molar-refractivity contribution >= 4 is 17.9 Å². The Morgan fingerprint density at radius 3 is 1.15 bits per heavy atom. The summed E-state index contributed by atoms with van der Waals surface area (Å²) < 4.78 is 16.7. The lowest BCUT2D eigenvalue weighted by atomic mass is 10.1. The van der Waals surface area contributed by atoms with Gasteiger partial charge in [-0.15, -0.1) is 0 Å². The summed E-state index contributed by atoms with van der Waals surface area (Å²) in [7, 11) is 0. The van der Waals surface area contributed by atoms with Crippen molar-refractivity contribution in [3.05, 3.63) is 134 Å². The highest BCUT2D eigenvalue weighted by Crippen LogP contribution is 2.12. The number of hydrogen-bond acceptors (Lipinski definition) is 6. The third-order valence-corrected chi connectivity index (χ3v) is 10.2. The molecule has 0 rings (SSSR count). The van der Waals surface area contributed by atoms with Crippen molar-refractivity contribution in [3.8, 4) is 0 Å². The van der Waals surface area contributed by atoms with Gasteiger partial charge < -0.3 is 14.2 Å². The molecule has 0 N–H and O–H groups in total. The van der Waals surface area contributed by atoms with Gasteiger partial charge in [0.2, 0.25) is 0 Å². The van der Waals surface area contributed by atoms with E-state index in [0.717, 1.165) is 128 Å². The van der Waals surface area contributed by atoms with Gasteiger partial charge >= 0.3 is 17.9 Å². The average molecular weight is 897 g/mol. The second-order valence-corrected chi connectivity index (χ2v) is 16.4. The fraction of sp³-hybridized carbons (Fsp3) is 0.576.